The first kappa shape index (κ1) is 15.4. The minimum Gasteiger partial charge on any atom is -0.444 e. The Morgan fingerprint density at radius 1 is 1.47 bits per heavy atom. The van der Waals surface area contributed by atoms with Crippen molar-refractivity contribution in [2.45, 2.75) is 44.9 Å². The second-order valence-electron chi connectivity index (χ2n) is 5.43. The number of likely N-dealkylation sites (tertiary alicyclic amines) is 1. The summed E-state index contributed by atoms with van der Waals surface area (Å²) in [6.07, 6.45) is -0.615. The summed E-state index contributed by atoms with van der Waals surface area (Å²) in [6.45, 7) is 5.19. The SMILES string of the molecule is CC(C)(C)OC(=O)NCC(=O)N1CC[C@H](O)[C@H]1C=O. The molecule has 0 saturated carbocycles. The number of carbonyl (C=O) groups excluding carboxylic acids is 3. The Labute approximate surface area is 111 Å². The number of nitrogens with one attached hydrogen (secondary N) is 1. The molecule has 19 heavy (non-hydrogen) atoms. The van der Waals surface area contributed by atoms with E-state index in [1.807, 2.05) is 0 Å². The Hall–Kier alpha value is -1.63. The second-order valence-corrected chi connectivity index (χ2v) is 5.43. The van der Waals surface area contributed by atoms with Gasteiger partial charge in [-0.05, 0) is 27.2 Å². The molecule has 0 aromatic heterocycles. The molecule has 1 rings (SSSR count). The predicted molar refractivity (Wildman–Crippen MR) is 66.4 cm³/mol. The van der Waals surface area contributed by atoms with Gasteiger partial charge in [-0.15, -0.1) is 0 Å². The van der Waals surface area contributed by atoms with Crippen LogP contribution in [0.4, 0.5) is 4.79 Å². The van der Waals surface area contributed by atoms with Gasteiger partial charge in [-0.2, -0.15) is 0 Å². The van der Waals surface area contributed by atoms with E-state index < -0.39 is 29.7 Å². The van der Waals surface area contributed by atoms with E-state index >= 15 is 0 Å². The predicted octanol–water partition coefficient (Wildman–Crippen LogP) is -0.328. The number of aliphatic hydroxyl groups excluding tert-OH is 1. The third kappa shape index (κ3) is 4.51. The first-order valence-corrected chi connectivity index (χ1v) is 6.14. The van der Waals surface area contributed by atoms with Crippen LogP contribution in [0.5, 0.6) is 0 Å². The van der Waals surface area contributed by atoms with Crippen LogP contribution in [0.3, 0.4) is 0 Å². The lowest BCUT2D eigenvalue weighted by atomic mass is 10.2. The molecule has 1 aliphatic rings. The number of ether oxygens (including phenoxy) is 1. The van der Waals surface area contributed by atoms with E-state index in [2.05, 4.69) is 5.32 Å². The van der Waals surface area contributed by atoms with Crippen LogP contribution in [0.25, 0.3) is 0 Å². The lowest BCUT2D eigenvalue weighted by molar-refractivity contribution is -0.135. The van der Waals surface area contributed by atoms with Crippen LogP contribution in [0.2, 0.25) is 0 Å². The van der Waals surface area contributed by atoms with Crippen LogP contribution in [-0.4, -0.2) is 59.1 Å². The first-order valence-electron chi connectivity index (χ1n) is 6.14. The lowest BCUT2D eigenvalue weighted by Crippen LogP contribution is -2.46. The highest BCUT2D eigenvalue weighted by molar-refractivity contribution is 5.85. The van der Waals surface area contributed by atoms with Gasteiger partial charge < -0.3 is 24.9 Å². The molecule has 0 spiro atoms. The molecule has 7 nitrogen and oxygen atoms in total. The molecule has 0 unspecified atom stereocenters. The maximum absolute atomic E-state index is 11.8. The third-order valence-corrected chi connectivity index (χ3v) is 2.66. The van der Waals surface area contributed by atoms with Crippen LogP contribution in [0.1, 0.15) is 27.2 Å². The number of nitrogens with zero attached hydrogens (tertiary/aromatic N) is 1. The second kappa shape index (κ2) is 6.01. The Kier molecular flexibility index (Phi) is 4.88. The largest absolute Gasteiger partial charge is 0.444 e. The van der Waals surface area contributed by atoms with Crippen molar-refractivity contribution in [3.63, 3.8) is 0 Å². The summed E-state index contributed by atoms with van der Waals surface area (Å²) in [5.74, 6) is -0.417. The average molecular weight is 272 g/mol. The van der Waals surface area contributed by atoms with E-state index in [0.29, 0.717) is 19.3 Å². The fourth-order valence-corrected chi connectivity index (χ4v) is 1.82. The molecular formula is C12H20N2O5. The molecule has 7 heteroatoms. The molecule has 1 fully saturated rings. The first-order chi connectivity index (χ1) is 8.74. The molecule has 108 valence electrons. The maximum atomic E-state index is 11.8. The minimum atomic E-state index is -0.831. The van der Waals surface area contributed by atoms with Gasteiger partial charge in [0.2, 0.25) is 5.91 Å². The zero-order valence-corrected chi connectivity index (χ0v) is 11.4. The monoisotopic (exact) mass is 272 g/mol. The van der Waals surface area contributed by atoms with Gasteiger partial charge in [0.15, 0.2) is 0 Å². The molecule has 0 radical (unpaired) electrons. The topological polar surface area (TPSA) is 95.9 Å². The zero-order chi connectivity index (χ0) is 14.6. The third-order valence-electron chi connectivity index (χ3n) is 2.66. The quantitative estimate of drug-likeness (QED) is 0.686. The summed E-state index contributed by atoms with van der Waals surface area (Å²) in [4.78, 5) is 35.2. The number of aldehydes is 1. The van der Waals surface area contributed by atoms with Crippen LogP contribution in [-0.2, 0) is 14.3 Å². The van der Waals surface area contributed by atoms with Gasteiger partial charge in [0.25, 0.3) is 0 Å². The van der Waals surface area contributed by atoms with Crippen molar-refractivity contribution >= 4 is 18.3 Å². The maximum Gasteiger partial charge on any atom is 0.408 e. The molecule has 0 aliphatic carbocycles. The van der Waals surface area contributed by atoms with E-state index in [4.69, 9.17) is 4.74 Å². The number of hydrogen-bond acceptors (Lipinski definition) is 5. The van der Waals surface area contributed by atoms with E-state index in [9.17, 15) is 19.5 Å². The van der Waals surface area contributed by atoms with Gasteiger partial charge in [-0.3, -0.25) is 4.79 Å². The summed E-state index contributed by atoms with van der Waals surface area (Å²) in [6, 6.07) is -0.826. The summed E-state index contributed by atoms with van der Waals surface area (Å²) >= 11 is 0. The summed E-state index contributed by atoms with van der Waals surface area (Å²) in [5, 5.41) is 11.8. The number of carbonyl (C=O) groups is 3. The highest BCUT2D eigenvalue weighted by atomic mass is 16.6. The van der Waals surface area contributed by atoms with E-state index in [-0.39, 0.29) is 6.54 Å². The van der Waals surface area contributed by atoms with Crippen molar-refractivity contribution in [1.82, 2.24) is 10.2 Å². The fourth-order valence-electron chi connectivity index (χ4n) is 1.82. The van der Waals surface area contributed by atoms with E-state index in [0.717, 1.165) is 0 Å². The molecule has 2 atom stereocenters. The molecular weight excluding hydrogens is 252 g/mol. The molecule has 2 amide bonds. The van der Waals surface area contributed by atoms with E-state index in [1.54, 1.807) is 20.8 Å². The van der Waals surface area contributed by atoms with Gasteiger partial charge in [-0.1, -0.05) is 0 Å². The number of aliphatic hydroxyl groups is 1. The van der Waals surface area contributed by atoms with E-state index in [1.165, 1.54) is 4.90 Å². The van der Waals surface area contributed by atoms with Crippen molar-refractivity contribution in [2.24, 2.45) is 0 Å². The van der Waals surface area contributed by atoms with Gasteiger partial charge in [0, 0.05) is 6.54 Å². The molecule has 0 aromatic rings. The number of amides is 2. The van der Waals surface area contributed by atoms with Crippen LogP contribution in [0, 0.1) is 0 Å². The molecule has 2 N–H and O–H groups in total. The van der Waals surface area contributed by atoms with Gasteiger partial charge in [-0.25, -0.2) is 4.79 Å². The van der Waals surface area contributed by atoms with Crippen molar-refractivity contribution < 1.29 is 24.2 Å². The molecule has 0 bridgehead atoms. The highest BCUT2D eigenvalue weighted by Gasteiger charge is 2.35. The number of hydrogen-bond donors (Lipinski definition) is 2. The van der Waals surface area contributed by atoms with Gasteiger partial charge in [0.05, 0.1) is 6.10 Å². The fraction of sp³-hybridized carbons (Fsp3) is 0.750. The standard InChI is InChI=1S/C12H20N2O5/c1-12(2,3)19-11(18)13-6-10(17)14-5-4-9(16)8(14)7-15/h7-9,16H,4-6H2,1-3H3,(H,13,18)/t8-,9+/m1/s1. The van der Waals surface area contributed by atoms with Crippen molar-refractivity contribution in [3.05, 3.63) is 0 Å². The summed E-state index contributed by atoms with van der Waals surface area (Å²) in [7, 11) is 0. The summed E-state index contributed by atoms with van der Waals surface area (Å²) < 4.78 is 4.99. The Bertz CT molecular complexity index is 364. The lowest BCUT2D eigenvalue weighted by Gasteiger charge is -2.23. The molecule has 1 saturated heterocycles. The van der Waals surface area contributed by atoms with Gasteiger partial charge >= 0.3 is 6.09 Å². The smallest absolute Gasteiger partial charge is 0.408 e. The van der Waals surface area contributed by atoms with Crippen LogP contribution >= 0.6 is 0 Å². The Morgan fingerprint density at radius 2 is 2.11 bits per heavy atom. The minimum absolute atomic E-state index is 0.258. The van der Waals surface area contributed by atoms with Crippen molar-refractivity contribution in [3.8, 4) is 0 Å². The summed E-state index contributed by atoms with van der Waals surface area (Å²) in [5.41, 5.74) is -0.637. The number of rotatable bonds is 3. The zero-order valence-electron chi connectivity index (χ0n) is 11.4. The number of alkyl carbamates (subject to hydrolysis) is 1. The Morgan fingerprint density at radius 3 is 2.63 bits per heavy atom. The molecule has 1 aliphatic heterocycles. The van der Waals surface area contributed by atoms with Crippen molar-refractivity contribution in [1.29, 1.82) is 0 Å². The molecule has 1 heterocycles. The van der Waals surface area contributed by atoms with Crippen LogP contribution in [0.15, 0.2) is 0 Å². The molecule has 0 aromatic carbocycles. The van der Waals surface area contributed by atoms with Crippen LogP contribution < -0.4 is 5.32 Å². The average Bonchev–Trinajstić information content (AvgIpc) is 2.65. The van der Waals surface area contributed by atoms with Crippen molar-refractivity contribution in [2.75, 3.05) is 13.1 Å². The van der Waals surface area contributed by atoms with Gasteiger partial charge in [0.1, 0.15) is 24.5 Å². The Balaban J connectivity index is 2.44. The normalized spacial score (nSPS) is 23.1. The highest BCUT2D eigenvalue weighted by Crippen LogP contribution is 2.16.